The molecule has 0 aliphatic heterocycles. The molecule has 1 rings (SSSR count). The second kappa shape index (κ2) is 10.5. The van der Waals surface area contributed by atoms with E-state index in [-0.39, 0.29) is 5.97 Å². The number of allylic oxidation sites excluding steroid dienone is 2. The zero-order valence-corrected chi connectivity index (χ0v) is 19.0. The fourth-order valence-electron chi connectivity index (χ4n) is 2.18. The number of nitrogens with zero attached hydrogens (tertiary/aromatic N) is 1. The molecule has 1 aromatic rings. The highest BCUT2D eigenvalue weighted by Gasteiger charge is 2.19. The van der Waals surface area contributed by atoms with Crippen LogP contribution in [0, 0.1) is 0 Å². The van der Waals surface area contributed by atoms with E-state index in [4.69, 9.17) is 8.95 Å². The predicted molar refractivity (Wildman–Crippen MR) is 115 cm³/mol. The molecule has 0 aliphatic carbocycles. The number of unbranched alkanes of at least 4 members (excludes halogenated alkanes) is 2. The zero-order valence-electron chi connectivity index (χ0n) is 17.0. The van der Waals surface area contributed by atoms with Gasteiger partial charge in [0.15, 0.2) is 0 Å². The van der Waals surface area contributed by atoms with E-state index in [0.717, 1.165) is 30.4 Å². The van der Waals surface area contributed by atoms with Gasteiger partial charge in [-0.25, -0.2) is 0 Å². The van der Waals surface area contributed by atoms with Crippen LogP contribution in [-0.4, -0.2) is 28.8 Å². The zero-order chi connectivity index (χ0) is 19.6. The number of carbonyl (C=O) groups is 1. The minimum atomic E-state index is -1.77. The standard InChI is InChI=1S/C20H33NO3Si2/c1-25(2,3)23-20(22)16-12-8-11-15-19(17-21-24-26(4,5)6)18-13-9-7-10-14-18/h7,9-10,13-15,17H,8,11-12,16H2,1-6H3/b19-15-,21-17+. The normalized spacial score (nSPS) is 13.1. The molecular formula is C20H33NO3Si2. The Bertz CT molecular complexity index is 614. The van der Waals surface area contributed by atoms with Crippen molar-refractivity contribution in [3.63, 3.8) is 0 Å². The highest BCUT2D eigenvalue weighted by molar-refractivity contribution is 6.71. The lowest BCUT2D eigenvalue weighted by atomic mass is 10.0. The second-order valence-electron chi connectivity index (χ2n) is 8.30. The first-order valence-corrected chi connectivity index (χ1v) is 16.1. The molecule has 0 unspecified atom stereocenters. The van der Waals surface area contributed by atoms with Gasteiger partial charge in [-0.05, 0) is 69.7 Å². The molecule has 0 fully saturated rings. The molecule has 0 N–H and O–H groups in total. The molecule has 0 bridgehead atoms. The molecule has 0 radical (unpaired) electrons. The highest BCUT2D eigenvalue weighted by atomic mass is 28.4. The van der Waals surface area contributed by atoms with Gasteiger partial charge in [-0.15, -0.1) is 5.16 Å². The summed E-state index contributed by atoms with van der Waals surface area (Å²) in [7, 11) is -3.45. The van der Waals surface area contributed by atoms with Gasteiger partial charge in [-0.3, -0.25) is 4.79 Å². The van der Waals surface area contributed by atoms with Crippen molar-refractivity contribution in [3.8, 4) is 0 Å². The Kier molecular flexibility index (Phi) is 9.01. The lowest BCUT2D eigenvalue weighted by Gasteiger charge is -2.17. The van der Waals surface area contributed by atoms with Gasteiger partial charge >= 0.3 is 0 Å². The van der Waals surface area contributed by atoms with Gasteiger partial charge in [-0.2, -0.15) is 0 Å². The molecule has 0 amide bonds. The first-order valence-electron chi connectivity index (χ1n) is 9.26. The SMILES string of the molecule is C[Si](C)(C)O/N=C/C(=C/CCCCC(=O)O[Si](C)(C)C)c1ccccc1. The molecule has 4 nitrogen and oxygen atoms in total. The average Bonchev–Trinajstić information content (AvgIpc) is 2.51. The Morgan fingerprint density at radius 1 is 1.00 bits per heavy atom. The summed E-state index contributed by atoms with van der Waals surface area (Å²) in [6.45, 7) is 12.4. The van der Waals surface area contributed by atoms with E-state index in [2.05, 4.69) is 43.0 Å². The van der Waals surface area contributed by atoms with Crippen molar-refractivity contribution < 1.29 is 13.7 Å². The fraction of sp³-hybridized carbons (Fsp3) is 0.500. The molecule has 0 saturated carbocycles. The molecule has 0 aliphatic rings. The van der Waals surface area contributed by atoms with Crippen LogP contribution in [0.1, 0.15) is 31.2 Å². The Morgan fingerprint density at radius 2 is 1.65 bits per heavy atom. The van der Waals surface area contributed by atoms with E-state index in [1.807, 2.05) is 37.8 Å². The number of rotatable bonds is 10. The molecule has 0 heterocycles. The van der Waals surface area contributed by atoms with Crippen molar-refractivity contribution in [2.75, 3.05) is 0 Å². The quantitative estimate of drug-likeness (QED) is 0.218. The van der Waals surface area contributed by atoms with Gasteiger partial charge in [0.1, 0.15) is 0 Å². The maximum Gasteiger partial charge on any atom is 0.292 e. The molecule has 1 aromatic carbocycles. The average molecular weight is 392 g/mol. The summed E-state index contributed by atoms with van der Waals surface area (Å²) in [4.78, 5) is 11.8. The molecule has 0 aromatic heterocycles. The van der Waals surface area contributed by atoms with E-state index >= 15 is 0 Å². The van der Waals surface area contributed by atoms with Crippen LogP contribution in [0.5, 0.6) is 0 Å². The van der Waals surface area contributed by atoms with Crippen molar-refractivity contribution in [1.82, 2.24) is 0 Å². The summed E-state index contributed by atoms with van der Waals surface area (Å²) in [5, 5.41) is 4.19. The van der Waals surface area contributed by atoms with Gasteiger partial charge < -0.3 is 8.95 Å². The van der Waals surface area contributed by atoms with Crippen LogP contribution in [0.15, 0.2) is 41.6 Å². The van der Waals surface area contributed by atoms with Gasteiger partial charge in [0.05, 0.1) is 6.21 Å². The van der Waals surface area contributed by atoms with Crippen molar-refractivity contribution in [2.24, 2.45) is 5.16 Å². The highest BCUT2D eigenvalue weighted by Crippen LogP contribution is 2.15. The maximum absolute atomic E-state index is 11.8. The van der Waals surface area contributed by atoms with Crippen LogP contribution in [0.4, 0.5) is 0 Å². The minimum Gasteiger partial charge on any atom is -0.520 e. The predicted octanol–water partition coefficient (Wildman–Crippen LogP) is 5.85. The van der Waals surface area contributed by atoms with E-state index in [0.29, 0.717) is 6.42 Å². The van der Waals surface area contributed by atoms with Crippen LogP contribution < -0.4 is 0 Å². The minimum absolute atomic E-state index is 0.0680. The lowest BCUT2D eigenvalue weighted by molar-refractivity contribution is -0.135. The summed E-state index contributed by atoms with van der Waals surface area (Å²) in [5.41, 5.74) is 2.17. The smallest absolute Gasteiger partial charge is 0.292 e. The van der Waals surface area contributed by atoms with Crippen molar-refractivity contribution in [3.05, 3.63) is 42.0 Å². The Hall–Kier alpha value is -1.67. The largest absolute Gasteiger partial charge is 0.520 e. The molecule has 0 spiro atoms. The number of hydrogen-bond acceptors (Lipinski definition) is 4. The molecular weight excluding hydrogens is 358 g/mol. The van der Waals surface area contributed by atoms with Gasteiger partial charge in [0, 0.05) is 6.42 Å². The van der Waals surface area contributed by atoms with E-state index in [9.17, 15) is 4.79 Å². The van der Waals surface area contributed by atoms with Crippen molar-refractivity contribution in [2.45, 2.75) is 65.0 Å². The molecule has 144 valence electrons. The first kappa shape index (κ1) is 22.4. The van der Waals surface area contributed by atoms with Crippen LogP contribution >= 0.6 is 0 Å². The van der Waals surface area contributed by atoms with Crippen LogP contribution in [-0.2, 0) is 13.7 Å². The Labute approximate surface area is 160 Å². The van der Waals surface area contributed by atoms with Crippen LogP contribution in [0.3, 0.4) is 0 Å². The fourth-order valence-corrected chi connectivity index (χ4v) is 3.33. The first-order chi connectivity index (χ1) is 12.1. The van der Waals surface area contributed by atoms with E-state index < -0.39 is 16.6 Å². The number of carbonyl (C=O) groups excluding carboxylic acids is 1. The number of oxime groups is 1. The lowest BCUT2D eigenvalue weighted by Crippen LogP contribution is -2.28. The molecule has 0 saturated heterocycles. The summed E-state index contributed by atoms with van der Waals surface area (Å²) < 4.78 is 11.1. The van der Waals surface area contributed by atoms with Crippen molar-refractivity contribution in [1.29, 1.82) is 0 Å². The van der Waals surface area contributed by atoms with Crippen molar-refractivity contribution >= 4 is 34.4 Å². The van der Waals surface area contributed by atoms with E-state index in [1.54, 1.807) is 6.21 Å². The number of benzene rings is 1. The Morgan fingerprint density at radius 3 is 2.23 bits per heavy atom. The Balaban J connectivity index is 2.58. The topological polar surface area (TPSA) is 47.9 Å². The third kappa shape index (κ3) is 11.0. The number of hydrogen-bond donors (Lipinski definition) is 0. The van der Waals surface area contributed by atoms with Gasteiger partial charge in [0.2, 0.25) is 8.32 Å². The third-order valence-electron chi connectivity index (χ3n) is 3.24. The summed E-state index contributed by atoms with van der Waals surface area (Å²) in [6, 6.07) is 10.2. The molecule has 26 heavy (non-hydrogen) atoms. The van der Waals surface area contributed by atoms with Gasteiger partial charge in [0.25, 0.3) is 14.3 Å². The molecule has 0 atom stereocenters. The molecule has 6 heteroatoms. The van der Waals surface area contributed by atoms with Crippen LogP contribution in [0.2, 0.25) is 39.3 Å². The maximum atomic E-state index is 11.8. The second-order valence-corrected chi connectivity index (χ2v) is 17.1. The summed E-state index contributed by atoms with van der Waals surface area (Å²) >= 11 is 0. The third-order valence-corrected chi connectivity index (χ3v) is 4.74. The van der Waals surface area contributed by atoms with Crippen LogP contribution in [0.25, 0.3) is 5.57 Å². The van der Waals surface area contributed by atoms with Gasteiger partial charge in [-0.1, -0.05) is 36.4 Å². The monoisotopic (exact) mass is 391 g/mol. The van der Waals surface area contributed by atoms with E-state index in [1.165, 1.54) is 0 Å². The summed E-state index contributed by atoms with van der Waals surface area (Å²) in [6.07, 6.45) is 7.13. The summed E-state index contributed by atoms with van der Waals surface area (Å²) in [5.74, 6) is -0.0680.